The number of ether oxygens (including phenoxy) is 1. The number of benzene rings is 1. The fraction of sp³-hybridized carbons (Fsp3) is 0.467. The molecule has 0 aromatic heterocycles. The molecule has 0 spiro atoms. The van der Waals surface area contributed by atoms with Crippen molar-refractivity contribution in [2.24, 2.45) is 0 Å². The number of esters is 1. The van der Waals surface area contributed by atoms with Crippen molar-refractivity contribution in [1.82, 2.24) is 5.32 Å². The van der Waals surface area contributed by atoms with Gasteiger partial charge in [-0.3, -0.25) is 4.79 Å². The molecule has 1 amide bonds. The van der Waals surface area contributed by atoms with Crippen LogP contribution in [0.15, 0.2) is 6.07 Å². The van der Waals surface area contributed by atoms with E-state index in [9.17, 15) is 23.4 Å². The number of amides is 1. The highest BCUT2D eigenvalue weighted by molar-refractivity contribution is 6.47. The monoisotopic (exact) mass is 341 g/mol. The van der Waals surface area contributed by atoms with Gasteiger partial charge >= 0.3 is 13.1 Å². The Morgan fingerprint density at radius 3 is 2.79 bits per heavy atom. The molecule has 0 radical (unpaired) electrons. The highest BCUT2D eigenvalue weighted by Gasteiger charge is 2.40. The molecule has 1 aromatic rings. The molecule has 9 heteroatoms. The van der Waals surface area contributed by atoms with Gasteiger partial charge in [0.2, 0.25) is 5.91 Å². The number of carbonyl (C=O) groups excluding carboxylic acids is 2. The van der Waals surface area contributed by atoms with Gasteiger partial charge in [-0.15, -0.1) is 0 Å². The molecule has 2 rings (SSSR count). The minimum Gasteiger partial charge on any atom is -0.534 e. The van der Waals surface area contributed by atoms with Crippen LogP contribution in [0.2, 0.25) is 0 Å². The molecule has 1 aromatic carbocycles. The van der Waals surface area contributed by atoms with Gasteiger partial charge in [0.05, 0.1) is 12.5 Å². The molecule has 1 atom stereocenters. The van der Waals surface area contributed by atoms with Gasteiger partial charge in [-0.1, -0.05) is 6.92 Å². The molecule has 0 saturated carbocycles. The third-order valence-electron chi connectivity index (χ3n) is 3.59. The lowest BCUT2D eigenvalue weighted by atomic mass is 9.72. The highest BCUT2D eigenvalue weighted by atomic mass is 19.2. The quantitative estimate of drug-likeness (QED) is 0.624. The first-order chi connectivity index (χ1) is 11.4. The highest BCUT2D eigenvalue weighted by Crippen LogP contribution is 2.34. The van der Waals surface area contributed by atoms with Gasteiger partial charge in [-0.2, -0.15) is 0 Å². The van der Waals surface area contributed by atoms with Crippen LogP contribution in [0.5, 0.6) is 5.75 Å². The average molecular weight is 341 g/mol. The van der Waals surface area contributed by atoms with Crippen molar-refractivity contribution in [1.29, 1.82) is 0 Å². The first-order valence-corrected chi connectivity index (χ1v) is 7.71. The SMILES string of the molecule is CCCC(=O)NC1Cc2c(F)c(F)cc(C(=O)OCC)c2OB1O. The Morgan fingerprint density at radius 2 is 2.17 bits per heavy atom. The third-order valence-corrected chi connectivity index (χ3v) is 3.59. The molecule has 1 aliphatic heterocycles. The summed E-state index contributed by atoms with van der Waals surface area (Å²) in [6.45, 7) is 3.42. The van der Waals surface area contributed by atoms with Gasteiger partial charge in [0, 0.05) is 12.0 Å². The van der Waals surface area contributed by atoms with E-state index in [4.69, 9.17) is 9.39 Å². The van der Waals surface area contributed by atoms with Crippen LogP contribution in [-0.4, -0.2) is 36.6 Å². The Kier molecular flexibility index (Phi) is 5.77. The maximum Gasteiger partial charge on any atom is 0.547 e. The van der Waals surface area contributed by atoms with E-state index in [-0.39, 0.29) is 42.2 Å². The zero-order valence-corrected chi connectivity index (χ0v) is 13.4. The Balaban J connectivity index is 2.36. The molecule has 0 fully saturated rings. The lowest BCUT2D eigenvalue weighted by molar-refractivity contribution is -0.121. The summed E-state index contributed by atoms with van der Waals surface area (Å²) >= 11 is 0. The van der Waals surface area contributed by atoms with E-state index < -0.39 is 30.7 Å². The normalized spacial score (nSPS) is 16.2. The topological polar surface area (TPSA) is 84.9 Å². The van der Waals surface area contributed by atoms with Crippen molar-refractivity contribution in [2.75, 3.05) is 6.61 Å². The van der Waals surface area contributed by atoms with E-state index in [0.717, 1.165) is 0 Å². The van der Waals surface area contributed by atoms with Crippen LogP contribution in [0.4, 0.5) is 8.78 Å². The smallest absolute Gasteiger partial charge is 0.534 e. The number of carbonyl (C=O) groups is 2. The number of fused-ring (bicyclic) bond motifs is 1. The van der Waals surface area contributed by atoms with Gasteiger partial charge in [-0.25, -0.2) is 13.6 Å². The Hall–Kier alpha value is -2.16. The second-order valence-corrected chi connectivity index (χ2v) is 5.38. The third kappa shape index (κ3) is 3.67. The zero-order chi connectivity index (χ0) is 17.9. The molecular formula is C15H18BF2NO5. The van der Waals surface area contributed by atoms with Crippen LogP contribution in [-0.2, 0) is 16.0 Å². The molecule has 130 valence electrons. The van der Waals surface area contributed by atoms with Gasteiger partial charge < -0.3 is 19.7 Å². The summed E-state index contributed by atoms with van der Waals surface area (Å²) in [7, 11) is -1.49. The molecule has 0 bridgehead atoms. The molecule has 0 saturated heterocycles. The van der Waals surface area contributed by atoms with Crippen molar-refractivity contribution < 1.29 is 32.8 Å². The van der Waals surface area contributed by atoms with Crippen LogP contribution in [0, 0.1) is 11.6 Å². The Bertz CT molecular complexity index is 655. The fourth-order valence-corrected chi connectivity index (χ4v) is 2.49. The molecule has 1 aliphatic rings. The van der Waals surface area contributed by atoms with Gasteiger partial charge in [0.15, 0.2) is 11.6 Å². The van der Waals surface area contributed by atoms with Gasteiger partial charge in [0.25, 0.3) is 0 Å². The number of halogens is 2. The summed E-state index contributed by atoms with van der Waals surface area (Å²) in [6, 6.07) is 0.675. The van der Waals surface area contributed by atoms with Gasteiger partial charge in [0.1, 0.15) is 11.3 Å². The van der Waals surface area contributed by atoms with Crippen LogP contribution in [0.25, 0.3) is 0 Å². The van der Waals surface area contributed by atoms with Crippen LogP contribution >= 0.6 is 0 Å². The summed E-state index contributed by atoms with van der Waals surface area (Å²) in [5.41, 5.74) is -0.520. The summed E-state index contributed by atoms with van der Waals surface area (Å²) in [5, 5.41) is 12.5. The molecule has 24 heavy (non-hydrogen) atoms. The number of hydrogen-bond donors (Lipinski definition) is 2. The van der Waals surface area contributed by atoms with E-state index in [1.54, 1.807) is 6.92 Å². The Morgan fingerprint density at radius 1 is 1.46 bits per heavy atom. The number of rotatable bonds is 5. The van der Waals surface area contributed by atoms with E-state index in [2.05, 4.69) is 5.32 Å². The van der Waals surface area contributed by atoms with Crippen molar-refractivity contribution in [2.45, 2.75) is 39.1 Å². The van der Waals surface area contributed by atoms with Crippen molar-refractivity contribution in [3.8, 4) is 5.75 Å². The second-order valence-electron chi connectivity index (χ2n) is 5.38. The molecule has 6 nitrogen and oxygen atoms in total. The standard InChI is InChI=1S/C15H18BF2NO5/c1-3-5-12(20)19-11-7-8-13(18)10(17)6-9(15(21)23-4-2)14(8)24-16(11)22/h6,11,22H,3-5,7H2,1-2H3,(H,19,20). The predicted molar refractivity (Wildman–Crippen MR) is 81.5 cm³/mol. The zero-order valence-electron chi connectivity index (χ0n) is 13.4. The van der Waals surface area contributed by atoms with E-state index in [0.29, 0.717) is 12.5 Å². The fourth-order valence-electron chi connectivity index (χ4n) is 2.49. The largest absolute Gasteiger partial charge is 0.547 e. The molecule has 2 N–H and O–H groups in total. The minimum atomic E-state index is -1.49. The Labute approximate surface area is 138 Å². The number of hydrogen-bond acceptors (Lipinski definition) is 5. The van der Waals surface area contributed by atoms with Crippen molar-refractivity contribution in [3.05, 3.63) is 28.8 Å². The van der Waals surface area contributed by atoms with Crippen LogP contribution in [0.1, 0.15) is 42.6 Å². The van der Waals surface area contributed by atoms with E-state index in [1.165, 1.54) is 0 Å². The second kappa shape index (κ2) is 7.61. The molecule has 1 heterocycles. The summed E-state index contributed by atoms with van der Waals surface area (Å²) in [6.07, 6.45) is 0.625. The lowest BCUT2D eigenvalue weighted by Gasteiger charge is -2.29. The maximum atomic E-state index is 14.1. The first kappa shape index (κ1) is 18.2. The van der Waals surface area contributed by atoms with Crippen LogP contribution in [0.3, 0.4) is 0 Å². The minimum absolute atomic E-state index is 0.0465. The molecule has 1 unspecified atom stereocenters. The van der Waals surface area contributed by atoms with Crippen LogP contribution < -0.4 is 9.97 Å². The summed E-state index contributed by atoms with van der Waals surface area (Å²) in [5.74, 6) is -4.83. The summed E-state index contributed by atoms with van der Waals surface area (Å²) in [4.78, 5) is 23.5. The maximum absolute atomic E-state index is 14.1. The van der Waals surface area contributed by atoms with Crippen molar-refractivity contribution in [3.63, 3.8) is 0 Å². The lowest BCUT2D eigenvalue weighted by Crippen LogP contribution is -2.53. The van der Waals surface area contributed by atoms with E-state index >= 15 is 0 Å². The molecular weight excluding hydrogens is 323 g/mol. The average Bonchev–Trinajstić information content (AvgIpc) is 2.52. The molecule has 0 aliphatic carbocycles. The summed E-state index contributed by atoms with van der Waals surface area (Å²) < 4.78 is 37.9. The number of nitrogens with one attached hydrogen (secondary N) is 1. The van der Waals surface area contributed by atoms with Crippen molar-refractivity contribution >= 4 is 19.0 Å². The van der Waals surface area contributed by atoms with Gasteiger partial charge in [-0.05, 0) is 25.8 Å². The first-order valence-electron chi connectivity index (χ1n) is 7.71. The van der Waals surface area contributed by atoms with E-state index in [1.807, 2.05) is 6.92 Å². The predicted octanol–water partition coefficient (Wildman–Crippen LogP) is 1.38.